The lowest BCUT2D eigenvalue weighted by Crippen LogP contribution is -2.39. The van der Waals surface area contributed by atoms with Gasteiger partial charge in [-0.3, -0.25) is 9.78 Å². The van der Waals surface area contributed by atoms with E-state index in [0.717, 1.165) is 35.6 Å². The van der Waals surface area contributed by atoms with E-state index < -0.39 is 0 Å². The Morgan fingerprint density at radius 3 is 2.93 bits per heavy atom. The molecule has 7 nitrogen and oxygen atoms in total. The lowest BCUT2D eigenvalue weighted by Gasteiger charge is -2.29. The number of aromatic nitrogens is 3. The van der Waals surface area contributed by atoms with Gasteiger partial charge in [-0.2, -0.15) is 4.98 Å². The van der Waals surface area contributed by atoms with E-state index in [1.807, 2.05) is 13.1 Å². The highest BCUT2D eigenvalue weighted by atomic mass is 16.5. The van der Waals surface area contributed by atoms with Gasteiger partial charge >= 0.3 is 0 Å². The van der Waals surface area contributed by atoms with Crippen LogP contribution in [0.2, 0.25) is 0 Å². The number of nitrogens with zero attached hydrogens (tertiary/aromatic N) is 4. The maximum atomic E-state index is 11.9. The Labute approximate surface area is 159 Å². The number of rotatable bonds is 4. The van der Waals surface area contributed by atoms with Crippen molar-refractivity contribution in [1.82, 2.24) is 20.0 Å². The molecule has 1 saturated carbocycles. The molecule has 7 heteroatoms. The summed E-state index contributed by atoms with van der Waals surface area (Å²) in [4.78, 5) is 22.9. The fourth-order valence-electron chi connectivity index (χ4n) is 4.37. The zero-order chi connectivity index (χ0) is 18.8. The predicted octanol–water partition coefficient (Wildman–Crippen LogP) is 2.41. The van der Waals surface area contributed by atoms with Gasteiger partial charge in [0.2, 0.25) is 17.6 Å². The van der Waals surface area contributed by atoms with Crippen LogP contribution in [-0.4, -0.2) is 39.0 Å². The van der Waals surface area contributed by atoms with Crippen LogP contribution in [0.3, 0.4) is 0 Å². The number of aryl methyl sites for hydroxylation is 1. The lowest BCUT2D eigenvalue weighted by molar-refractivity contribution is -0.130. The Hall–Kier alpha value is -2.28. The van der Waals surface area contributed by atoms with Crippen LogP contribution in [0.5, 0.6) is 0 Å². The molecule has 0 saturated heterocycles. The minimum Gasteiger partial charge on any atom is -0.339 e. The fraction of sp³-hybridized carbons (Fsp3) is 0.600. The van der Waals surface area contributed by atoms with Crippen molar-refractivity contribution < 1.29 is 9.32 Å². The molecule has 27 heavy (non-hydrogen) atoms. The molecule has 0 radical (unpaired) electrons. The van der Waals surface area contributed by atoms with Crippen molar-refractivity contribution in [3.63, 3.8) is 0 Å². The number of carbonyl (C=O) groups excluding carboxylic acids is 1. The maximum Gasteiger partial charge on any atom is 0.236 e. The molecule has 1 aliphatic carbocycles. The summed E-state index contributed by atoms with van der Waals surface area (Å²) in [5.41, 5.74) is 9.59. The SMILES string of the molecule is Cc1ncc2c(c1-c1noc(CC3CCCCC3)n1)CCN(C(=O)CN)C2. The van der Waals surface area contributed by atoms with E-state index in [1.165, 1.54) is 37.7 Å². The van der Waals surface area contributed by atoms with Gasteiger partial charge in [-0.1, -0.05) is 24.4 Å². The predicted molar refractivity (Wildman–Crippen MR) is 101 cm³/mol. The van der Waals surface area contributed by atoms with E-state index >= 15 is 0 Å². The first-order valence-electron chi connectivity index (χ1n) is 9.94. The fourth-order valence-corrected chi connectivity index (χ4v) is 4.37. The first kappa shape index (κ1) is 18.1. The number of pyridine rings is 1. The van der Waals surface area contributed by atoms with Crippen LogP contribution < -0.4 is 5.73 Å². The zero-order valence-corrected chi connectivity index (χ0v) is 15.9. The molecule has 1 fully saturated rings. The van der Waals surface area contributed by atoms with Gasteiger partial charge in [0.25, 0.3) is 0 Å². The molecule has 0 spiro atoms. The Kier molecular flexibility index (Phi) is 5.20. The first-order valence-corrected chi connectivity index (χ1v) is 9.94. The van der Waals surface area contributed by atoms with Gasteiger partial charge in [-0.25, -0.2) is 0 Å². The van der Waals surface area contributed by atoms with Crippen LogP contribution in [0.4, 0.5) is 0 Å². The standard InChI is InChI=1S/C20H27N5O2/c1-13-19(16-7-8-25(18(26)10-21)12-15(16)11-22-13)20-23-17(27-24-20)9-14-5-3-2-4-6-14/h11,14H,2-10,12,21H2,1H3. The minimum absolute atomic E-state index is 0.0305. The van der Waals surface area contributed by atoms with E-state index in [2.05, 4.69) is 10.1 Å². The Morgan fingerprint density at radius 2 is 2.15 bits per heavy atom. The van der Waals surface area contributed by atoms with Crippen LogP contribution in [-0.2, 0) is 24.2 Å². The molecule has 3 heterocycles. The Balaban J connectivity index is 1.58. The molecule has 144 valence electrons. The van der Waals surface area contributed by atoms with E-state index in [4.69, 9.17) is 15.2 Å². The third-order valence-electron chi connectivity index (χ3n) is 5.87. The van der Waals surface area contributed by atoms with Gasteiger partial charge in [0.05, 0.1) is 6.54 Å². The van der Waals surface area contributed by atoms with Crippen LogP contribution in [0, 0.1) is 12.8 Å². The van der Waals surface area contributed by atoms with E-state index in [-0.39, 0.29) is 12.5 Å². The number of nitrogens with two attached hydrogens (primary N) is 1. The second-order valence-corrected chi connectivity index (χ2v) is 7.71. The summed E-state index contributed by atoms with van der Waals surface area (Å²) >= 11 is 0. The van der Waals surface area contributed by atoms with Crippen LogP contribution >= 0.6 is 0 Å². The summed E-state index contributed by atoms with van der Waals surface area (Å²) < 4.78 is 5.57. The molecule has 0 aromatic carbocycles. The molecule has 1 amide bonds. The molecule has 0 bridgehead atoms. The summed E-state index contributed by atoms with van der Waals surface area (Å²) in [5, 5.41) is 4.26. The largest absolute Gasteiger partial charge is 0.339 e. The third kappa shape index (κ3) is 3.74. The van der Waals surface area contributed by atoms with Gasteiger partial charge < -0.3 is 15.2 Å². The van der Waals surface area contributed by atoms with E-state index in [1.54, 1.807) is 4.90 Å². The summed E-state index contributed by atoms with van der Waals surface area (Å²) in [6, 6.07) is 0. The van der Waals surface area contributed by atoms with Gasteiger partial charge in [0.1, 0.15) is 0 Å². The maximum absolute atomic E-state index is 11.9. The van der Waals surface area contributed by atoms with Crippen molar-refractivity contribution >= 4 is 5.91 Å². The van der Waals surface area contributed by atoms with Crippen molar-refractivity contribution in [3.8, 4) is 11.4 Å². The lowest BCUT2D eigenvalue weighted by atomic mass is 9.87. The van der Waals surface area contributed by atoms with E-state index in [0.29, 0.717) is 24.8 Å². The molecule has 4 rings (SSSR count). The monoisotopic (exact) mass is 369 g/mol. The molecule has 2 N–H and O–H groups in total. The number of fused-ring (bicyclic) bond motifs is 1. The van der Waals surface area contributed by atoms with Gasteiger partial charge in [-0.05, 0) is 43.2 Å². The number of hydrogen-bond acceptors (Lipinski definition) is 6. The van der Waals surface area contributed by atoms with Gasteiger partial charge in [-0.15, -0.1) is 0 Å². The van der Waals surface area contributed by atoms with Crippen LogP contribution in [0.1, 0.15) is 54.8 Å². The van der Waals surface area contributed by atoms with Gasteiger partial charge in [0.15, 0.2) is 0 Å². The molecule has 0 atom stereocenters. The molecular weight excluding hydrogens is 342 g/mol. The second kappa shape index (κ2) is 7.76. The van der Waals surface area contributed by atoms with Crippen LogP contribution in [0.15, 0.2) is 10.7 Å². The van der Waals surface area contributed by atoms with Crippen molar-refractivity contribution in [1.29, 1.82) is 0 Å². The van der Waals surface area contributed by atoms with Crippen molar-refractivity contribution in [2.45, 2.75) is 58.4 Å². The second-order valence-electron chi connectivity index (χ2n) is 7.71. The summed E-state index contributed by atoms with van der Waals surface area (Å²) in [5.74, 6) is 1.98. The minimum atomic E-state index is -0.0305. The zero-order valence-electron chi connectivity index (χ0n) is 15.9. The third-order valence-corrected chi connectivity index (χ3v) is 5.87. The first-order chi connectivity index (χ1) is 13.2. The number of hydrogen-bond donors (Lipinski definition) is 1. The topological polar surface area (TPSA) is 98.1 Å². The molecule has 2 aliphatic rings. The average molecular weight is 369 g/mol. The highest BCUT2D eigenvalue weighted by molar-refractivity contribution is 5.78. The number of carbonyl (C=O) groups is 1. The molecular formula is C20H27N5O2. The highest BCUT2D eigenvalue weighted by Gasteiger charge is 2.26. The van der Waals surface area contributed by atoms with Crippen molar-refractivity contribution in [2.75, 3.05) is 13.1 Å². The summed E-state index contributed by atoms with van der Waals surface area (Å²) in [6.45, 7) is 3.21. The quantitative estimate of drug-likeness (QED) is 0.889. The molecule has 2 aromatic heterocycles. The normalized spacial score (nSPS) is 17.8. The molecule has 1 aliphatic heterocycles. The summed E-state index contributed by atoms with van der Waals surface area (Å²) in [7, 11) is 0. The smallest absolute Gasteiger partial charge is 0.236 e. The Morgan fingerprint density at radius 1 is 1.33 bits per heavy atom. The Bertz CT molecular complexity index is 826. The molecule has 2 aromatic rings. The molecule has 0 unspecified atom stereocenters. The average Bonchev–Trinajstić information content (AvgIpc) is 3.15. The highest BCUT2D eigenvalue weighted by Crippen LogP contribution is 2.32. The van der Waals surface area contributed by atoms with Crippen molar-refractivity contribution in [2.24, 2.45) is 11.7 Å². The van der Waals surface area contributed by atoms with Crippen LogP contribution in [0.25, 0.3) is 11.4 Å². The number of amides is 1. The van der Waals surface area contributed by atoms with Crippen molar-refractivity contribution in [3.05, 3.63) is 28.9 Å². The van der Waals surface area contributed by atoms with E-state index in [9.17, 15) is 4.79 Å². The van der Waals surface area contributed by atoms with Gasteiger partial charge in [0, 0.05) is 37.0 Å². The summed E-state index contributed by atoms with van der Waals surface area (Å²) in [6.07, 6.45) is 9.94.